The van der Waals surface area contributed by atoms with E-state index in [2.05, 4.69) is 35.8 Å². The Morgan fingerprint density at radius 3 is 3.08 bits per heavy atom. The molecule has 122 valence electrons. The van der Waals surface area contributed by atoms with Gasteiger partial charge in [0, 0.05) is 19.3 Å². The van der Waals surface area contributed by atoms with E-state index >= 15 is 0 Å². The number of piperidine rings is 1. The van der Waals surface area contributed by atoms with Gasteiger partial charge in [0.2, 0.25) is 5.91 Å². The number of amides is 1. The summed E-state index contributed by atoms with van der Waals surface area (Å²) < 4.78 is 1.40. The Morgan fingerprint density at radius 1 is 1.25 bits per heavy atom. The van der Waals surface area contributed by atoms with Crippen LogP contribution in [0, 0.1) is 5.92 Å². The van der Waals surface area contributed by atoms with Gasteiger partial charge in [-0.15, -0.1) is 14.8 Å². The summed E-state index contributed by atoms with van der Waals surface area (Å²) >= 11 is 0. The van der Waals surface area contributed by atoms with E-state index in [1.165, 1.54) is 4.63 Å². The first-order chi connectivity index (χ1) is 11.8. The molecule has 0 unspecified atom stereocenters. The van der Waals surface area contributed by atoms with Crippen molar-refractivity contribution in [2.75, 3.05) is 23.3 Å². The number of fused-ring (bicyclic) bond motifs is 1. The molecule has 0 bridgehead atoms. The number of nitrogens with zero attached hydrogens (tertiary/aromatic N) is 7. The van der Waals surface area contributed by atoms with Gasteiger partial charge >= 0.3 is 0 Å². The predicted octanol–water partition coefficient (Wildman–Crippen LogP) is 0.769. The summed E-state index contributed by atoms with van der Waals surface area (Å²) in [4.78, 5) is 18.7. The summed E-state index contributed by atoms with van der Waals surface area (Å²) in [5.41, 5.74) is 0.597. The molecule has 9 heteroatoms. The normalized spacial score (nSPS) is 17.8. The van der Waals surface area contributed by atoms with E-state index in [0.717, 1.165) is 25.2 Å². The summed E-state index contributed by atoms with van der Waals surface area (Å²) in [6.07, 6.45) is 3.44. The van der Waals surface area contributed by atoms with Gasteiger partial charge in [0.15, 0.2) is 11.5 Å². The number of anilines is 2. The minimum atomic E-state index is -0.105. The molecule has 4 heterocycles. The van der Waals surface area contributed by atoms with Crippen molar-refractivity contribution in [2.24, 2.45) is 5.92 Å². The first kappa shape index (κ1) is 14.5. The van der Waals surface area contributed by atoms with Gasteiger partial charge in [-0.3, -0.25) is 4.79 Å². The van der Waals surface area contributed by atoms with Crippen molar-refractivity contribution in [3.63, 3.8) is 0 Å². The molecule has 9 nitrogen and oxygen atoms in total. The van der Waals surface area contributed by atoms with E-state index in [-0.39, 0.29) is 11.8 Å². The molecule has 3 aromatic heterocycles. The van der Waals surface area contributed by atoms with E-state index in [1.54, 1.807) is 12.3 Å². The molecular formula is C15H16N8O. The zero-order valence-corrected chi connectivity index (χ0v) is 12.9. The minimum absolute atomic E-state index is 0.0121. The Labute approximate surface area is 137 Å². The molecule has 3 aromatic rings. The number of carbonyl (C=O) groups excluding carboxylic acids is 1. The molecule has 0 aliphatic carbocycles. The second-order valence-electron chi connectivity index (χ2n) is 5.71. The molecule has 0 aromatic carbocycles. The Kier molecular flexibility index (Phi) is 3.73. The van der Waals surface area contributed by atoms with Crippen molar-refractivity contribution in [3.8, 4) is 0 Å². The number of pyridine rings is 1. The van der Waals surface area contributed by atoms with Crippen molar-refractivity contribution < 1.29 is 4.79 Å². The fraction of sp³-hybridized carbons (Fsp3) is 0.333. The standard InChI is InChI=1S/C15H16N8O/c24-15(17-12-5-1-2-8-16-12)11-4-3-9-22(10-11)14-7-6-13-18-20-21-23(13)19-14/h1-2,5-8,11H,3-4,9-10H2,(H,16,17,24)/t11-/m1/s1. The van der Waals surface area contributed by atoms with Gasteiger partial charge in [0.05, 0.1) is 5.92 Å². The third-order valence-electron chi connectivity index (χ3n) is 4.09. The highest BCUT2D eigenvalue weighted by molar-refractivity contribution is 5.92. The first-order valence-electron chi connectivity index (χ1n) is 7.82. The van der Waals surface area contributed by atoms with Crippen LogP contribution in [0.15, 0.2) is 36.5 Å². The molecule has 1 N–H and O–H groups in total. The number of aromatic nitrogens is 6. The SMILES string of the molecule is O=C(Nc1ccccn1)[C@@H]1CCCN(c2ccc3nnnn3n2)C1. The topological polar surface area (TPSA) is 101 Å². The third-order valence-corrected chi connectivity index (χ3v) is 4.09. The van der Waals surface area contributed by atoms with E-state index in [0.29, 0.717) is 18.0 Å². The number of hydrogen-bond acceptors (Lipinski definition) is 7. The number of tetrazole rings is 1. The van der Waals surface area contributed by atoms with Gasteiger partial charge in [-0.1, -0.05) is 6.07 Å². The molecule has 1 fully saturated rings. The van der Waals surface area contributed by atoms with Crippen LogP contribution in [0.4, 0.5) is 11.6 Å². The van der Waals surface area contributed by atoms with Gasteiger partial charge in [-0.25, -0.2) is 4.98 Å². The average Bonchev–Trinajstić information content (AvgIpc) is 3.10. The highest BCUT2D eigenvalue weighted by Crippen LogP contribution is 2.22. The predicted molar refractivity (Wildman–Crippen MR) is 86.4 cm³/mol. The number of rotatable bonds is 3. The lowest BCUT2D eigenvalue weighted by Crippen LogP contribution is -2.41. The van der Waals surface area contributed by atoms with Crippen LogP contribution in [-0.4, -0.2) is 49.2 Å². The number of nitrogens with one attached hydrogen (secondary N) is 1. The van der Waals surface area contributed by atoms with Gasteiger partial charge < -0.3 is 10.2 Å². The summed E-state index contributed by atoms with van der Waals surface area (Å²) in [5.74, 6) is 1.23. The van der Waals surface area contributed by atoms with Gasteiger partial charge in [-0.05, 0) is 47.5 Å². The number of carbonyl (C=O) groups is 1. The molecule has 1 amide bonds. The van der Waals surface area contributed by atoms with Crippen LogP contribution in [0.2, 0.25) is 0 Å². The van der Waals surface area contributed by atoms with E-state index in [9.17, 15) is 4.79 Å². The fourth-order valence-corrected chi connectivity index (χ4v) is 2.87. The second-order valence-corrected chi connectivity index (χ2v) is 5.71. The fourth-order valence-electron chi connectivity index (χ4n) is 2.87. The van der Waals surface area contributed by atoms with E-state index in [1.807, 2.05) is 24.3 Å². The second kappa shape index (κ2) is 6.19. The van der Waals surface area contributed by atoms with Crippen LogP contribution in [0.25, 0.3) is 5.65 Å². The van der Waals surface area contributed by atoms with Gasteiger partial charge in [0.1, 0.15) is 5.82 Å². The highest BCUT2D eigenvalue weighted by Gasteiger charge is 2.27. The van der Waals surface area contributed by atoms with Crippen molar-refractivity contribution in [1.82, 2.24) is 30.2 Å². The van der Waals surface area contributed by atoms with Crippen molar-refractivity contribution in [1.29, 1.82) is 0 Å². The lowest BCUT2D eigenvalue weighted by atomic mass is 9.97. The molecule has 1 atom stereocenters. The van der Waals surface area contributed by atoms with Crippen molar-refractivity contribution in [2.45, 2.75) is 12.8 Å². The van der Waals surface area contributed by atoms with Crippen LogP contribution in [-0.2, 0) is 4.79 Å². The molecule has 0 radical (unpaired) electrons. The lowest BCUT2D eigenvalue weighted by Gasteiger charge is -2.32. The average molecular weight is 324 g/mol. The lowest BCUT2D eigenvalue weighted by molar-refractivity contribution is -0.120. The van der Waals surface area contributed by atoms with Crippen LogP contribution in [0.1, 0.15) is 12.8 Å². The third kappa shape index (κ3) is 2.87. The summed E-state index contributed by atoms with van der Waals surface area (Å²) in [6, 6.07) is 9.15. The zero-order valence-electron chi connectivity index (χ0n) is 12.9. The Hall–Kier alpha value is -3.10. The van der Waals surface area contributed by atoms with E-state index in [4.69, 9.17) is 0 Å². The van der Waals surface area contributed by atoms with Crippen LogP contribution in [0.5, 0.6) is 0 Å². The molecule has 1 aliphatic heterocycles. The summed E-state index contributed by atoms with van der Waals surface area (Å²) in [5, 5.41) is 18.5. The molecule has 1 saturated heterocycles. The smallest absolute Gasteiger partial charge is 0.230 e. The largest absolute Gasteiger partial charge is 0.354 e. The molecule has 4 rings (SSSR count). The minimum Gasteiger partial charge on any atom is -0.354 e. The van der Waals surface area contributed by atoms with Crippen LogP contribution < -0.4 is 10.2 Å². The summed E-state index contributed by atoms with van der Waals surface area (Å²) in [7, 11) is 0. The monoisotopic (exact) mass is 324 g/mol. The molecule has 1 aliphatic rings. The van der Waals surface area contributed by atoms with E-state index < -0.39 is 0 Å². The zero-order chi connectivity index (χ0) is 16.4. The molecule has 0 spiro atoms. The van der Waals surface area contributed by atoms with Crippen molar-refractivity contribution >= 4 is 23.2 Å². The Balaban J connectivity index is 1.47. The molecule has 24 heavy (non-hydrogen) atoms. The maximum Gasteiger partial charge on any atom is 0.230 e. The maximum absolute atomic E-state index is 12.5. The van der Waals surface area contributed by atoms with Crippen molar-refractivity contribution in [3.05, 3.63) is 36.5 Å². The molecular weight excluding hydrogens is 308 g/mol. The maximum atomic E-state index is 12.5. The Morgan fingerprint density at radius 2 is 2.21 bits per heavy atom. The highest BCUT2D eigenvalue weighted by atomic mass is 16.2. The Bertz CT molecular complexity index is 849. The van der Waals surface area contributed by atoms with Gasteiger partial charge in [-0.2, -0.15) is 0 Å². The van der Waals surface area contributed by atoms with Crippen LogP contribution >= 0.6 is 0 Å². The quantitative estimate of drug-likeness (QED) is 0.759. The molecule has 0 saturated carbocycles. The van der Waals surface area contributed by atoms with Gasteiger partial charge in [0.25, 0.3) is 0 Å². The van der Waals surface area contributed by atoms with Crippen LogP contribution in [0.3, 0.4) is 0 Å². The number of hydrogen-bond donors (Lipinski definition) is 1. The summed E-state index contributed by atoms with van der Waals surface area (Å²) in [6.45, 7) is 1.47. The first-order valence-corrected chi connectivity index (χ1v) is 7.82.